The van der Waals surface area contributed by atoms with Crippen LogP contribution in [0.4, 0.5) is 18.9 Å². The van der Waals surface area contributed by atoms with E-state index in [2.05, 4.69) is 4.98 Å². The molecule has 3 aromatic rings. The minimum absolute atomic E-state index is 0.269. The molecule has 0 spiro atoms. The molecule has 0 saturated carbocycles. The number of fused-ring (bicyclic) bond motifs is 1. The van der Waals surface area contributed by atoms with E-state index < -0.39 is 21.6 Å². The van der Waals surface area contributed by atoms with E-state index in [0.717, 1.165) is 22.5 Å². The number of anilines is 1. The molecule has 2 heterocycles. The van der Waals surface area contributed by atoms with E-state index >= 15 is 0 Å². The van der Waals surface area contributed by atoms with Gasteiger partial charge in [-0.3, -0.25) is 0 Å². The first-order valence-corrected chi connectivity index (χ1v) is 12.4. The van der Waals surface area contributed by atoms with Crippen molar-refractivity contribution in [2.75, 3.05) is 11.4 Å². The van der Waals surface area contributed by atoms with Gasteiger partial charge in [-0.2, -0.15) is 17.5 Å². The number of hydrogen-bond acceptors (Lipinski definition) is 4. The lowest BCUT2D eigenvalue weighted by Gasteiger charge is -2.34. The molecule has 1 atom stereocenters. The third kappa shape index (κ3) is 5.12. The topological polar surface area (TPSA) is 58.4 Å². The molecule has 1 aliphatic heterocycles. The van der Waals surface area contributed by atoms with Crippen molar-refractivity contribution in [3.8, 4) is 0 Å². The van der Waals surface area contributed by atoms with Crippen molar-refractivity contribution < 1.29 is 21.6 Å². The smallest absolute Gasteiger partial charge is 0.361 e. The normalized spacial score (nSPS) is 17.4. The summed E-state index contributed by atoms with van der Waals surface area (Å²) in [4.78, 5) is 6.42. The molecule has 0 fully saturated rings. The highest BCUT2D eigenvalue weighted by Crippen LogP contribution is 2.36. The largest absolute Gasteiger partial charge is 0.511 e. The summed E-state index contributed by atoms with van der Waals surface area (Å²) in [6.45, 7) is 1.66. The monoisotopic (exact) mass is 492 g/mol. The Morgan fingerprint density at radius 2 is 1.85 bits per heavy atom. The van der Waals surface area contributed by atoms with Gasteiger partial charge in [-0.15, -0.1) is 0 Å². The van der Waals surface area contributed by atoms with E-state index in [9.17, 15) is 21.6 Å². The predicted octanol–water partition coefficient (Wildman–Crippen LogP) is 4.40. The van der Waals surface area contributed by atoms with E-state index in [-0.39, 0.29) is 13.1 Å². The van der Waals surface area contributed by atoms with Gasteiger partial charge in [0.2, 0.25) is 0 Å². The maximum atomic E-state index is 13.6. The Balaban J connectivity index is 1.77. The highest BCUT2D eigenvalue weighted by atomic mass is 32.2. The zero-order chi connectivity index (χ0) is 24.5. The molecule has 34 heavy (non-hydrogen) atoms. The number of alkyl halides is 3. The number of aromatic nitrogens is 2. The lowest BCUT2D eigenvalue weighted by Crippen LogP contribution is -2.47. The lowest BCUT2D eigenvalue weighted by molar-refractivity contribution is -0.0492. The first-order valence-electron chi connectivity index (χ1n) is 11.0. The quantitative estimate of drug-likeness (QED) is 0.512. The average Bonchev–Trinajstić information content (AvgIpc) is 3.12. The Morgan fingerprint density at radius 1 is 1.12 bits per heavy atom. The Hall–Kier alpha value is -2.85. The van der Waals surface area contributed by atoms with Crippen LogP contribution in [0.5, 0.6) is 0 Å². The van der Waals surface area contributed by atoms with Crippen LogP contribution in [0.1, 0.15) is 28.8 Å². The van der Waals surface area contributed by atoms with Gasteiger partial charge in [0, 0.05) is 38.1 Å². The van der Waals surface area contributed by atoms with Gasteiger partial charge in [-0.05, 0) is 42.5 Å². The van der Waals surface area contributed by atoms with Crippen molar-refractivity contribution in [2.24, 2.45) is 7.05 Å². The number of nitrogens with zero attached hydrogens (tertiary/aromatic N) is 4. The van der Waals surface area contributed by atoms with Crippen molar-refractivity contribution in [1.29, 1.82) is 0 Å². The maximum Gasteiger partial charge on any atom is 0.511 e. The molecular weight excluding hydrogens is 465 g/mol. The molecule has 0 radical (unpaired) electrons. The number of rotatable bonds is 6. The number of aryl methyl sites for hydroxylation is 3. The third-order valence-electron chi connectivity index (χ3n) is 6.08. The van der Waals surface area contributed by atoms with Crippen LogP contribution < -0.4 is 4.90 Å². The van der Waals surface area contributed by atoms with Crippen LogP contribution in [0.15, 0.2) is 61.1 Å². The molecule has 0 saturated heterocycles. The van der Waals surface area contributed by atoms with Crippen molar-refractivity contribution in [2.45, 2.75) is 44.4 Å². The van der Waals surface area contributed by atoms with Crippen LogP contribution in [0, 0.1) is 6.92 Å². The predicted molar refractivity (Wildman–Crippen MR) is 125 cm³/mol. The van der Waals surface area contributed by atoms with Gasteiger partial charge in [0.1, 0.15) is 0 Å². The highest BCUT2D eigenvalue weighted by Gasteiger charge is 2.51. The fourth-order valence-electron chi connectivity index (χ4n) is 4.35. The second-order valence-electron chi connectivity index (χ2n) is 8.71. The molecule has 2 aromatic carbocycles. The summed E-state index contributed by atoms with van der Waals surface area (Å²) in [7, 11) is -3.65. The van der Waals surface area contributed by atoms with Gasteiger partial charge < -0.3 is 9.47 Å². The summed E-state index contributed by atoms with van der Waals surface area (Å²) >= 11 is 0. The lowest BCUT2D eigenvalue weighted by atomic mass is 10.0. The summed E-state index contributed by atoms with van der Waals surface area (Å²) < 4.78 is 68.0. The summed E-state index contributed by atoms with van der Waals surface area (Å²) in [5.74, 6) is 0. The Kier molecular flexibility index (Phi) is 6.73. The van der Waals surface area contributed by atoms with E-state index in [1.54, 1.807) is 18.5 Å². The first-order chi connectivity index (χ1) is 16.0. The van der Waals surface area contributed by atoms with Gasteiger partial charge in [-0.25, -0.2) is 13.4 Å². The third-order valence-corrected chi connectivity index (χ3v) is 7.63. The fraction of sp³-hybridized carbons (Fsp3) is 0.375. The zero-order valence-corrected chi connectivity index (χ0v) is 19.9. The van der Waals surface area contributed by atoms with Gasteiger partial charge in [0.15, 0.2) is 0 Å². The summed E-state index contributed by atoms with van der Waals surface area (Å²) in [5, 5.41) is 0. The van der Waals surface area contributed by atoms with Crippen molar-refractivity contribution in [3.05, 3.63) is 83.4 Å². The molecular formula is C24H27F3N4O2S. The van der Waals surface area contributed by atoms with Gasteiger partial charge >= 0.3 is 15.5 Å². The summed E-state index contributed by atoms with van der Waals surface area (Å²) in [6, 6.07) is 14.6. The molecule has 182 valence electrons. The van der Waals surface area contributed by atoms with Crippen molar-refractivity contribution in [3.63, 3.8) is 0 Å². The number of benzene rings is 2. The first kappa shape index (κ1) is 24.3. The second-order valence-corrected chi connectivity index (χ2v) is 10.6. The fourth-order valence-corrected chi connectivity index (χ4v) is 5.32. The maximum absolute atomic E-state index is 13.6. The number of sulfonamides is 1. The van der Waals surface area contributed by atoms with E-state index in [0.29, 0.717) is 29.3 Å². The number of hydrogen-bond donors (Lipinski definition) is 0. The van der Waals surface area contributed by atoms with E-state index in [1.165, 1.54) is 0 Å². The summed E-state index contributed by atoms with van der Waals surface area (Å²) in [5.41, 5.74) is -1.34. The van der Waals surface area contributed by atoms with Crippen LogP contribution in [0.3, 0.4) is 0 Å². The molecule has 1 aromatic heterocycles. The molecule has 0 amide bonds. The molecule has 1 aliphatic rings. The zero-order valence-electron chi connectivity index (χ0n) is 19.0. The van der Waals surface area contributed by atoms with Crippen LogP contribution >= 0.6 is 0 Å². The van der Waals surface area contributed by atoms with Crippen LogP contribution in [-0.4, -0.2) is 40.4 Å². The minimum Gasteiger partial charge on any atom is -0.361 e. The Labute approximate surface area is 197 Å². The molecule has 0 unspecified atom stereocenters. The molecule has 4 rings (SSSR count). The molecule has 0 bridgehead atoms. The van der Waals surface area contributed by atoms with Crippen LogP contribution in [0.25, 0.3) is 0 Å². The number of imidazole rings is 1. The van der Waals surface area contributed by atoms with Gasteiger partial charge in [0.05, 0.1) is 18.6 Å². The van der Waals surface area contributed by atoms with Gasteiger partial charge in [-0.1, -0.05) is 42.5 Å². The van der Waals surface area contributed by atoms with Gasteiger partial charge in [0.25, 0.3) is 0 Å². The van der Waals surface area contributed by atoms with Crippen LogP contribution in [0.2, 0.25) is 0 Å². The minimum atomic E-state index is -5.50. The Morgan fingerprint density at radius 3 is 2.50 bits per heavy atom. The molecule has 0 aliphatic carbocycles. The average molecular weight is 493 g/mol. The number of halogens is 3. The highest BCUT2D eigenvalue weighted by molar-refractivity contribution is 7.89. The standard InChI is InChI=1S/C24H27F3N4O2S/c1-18-8-10-20-13-30(34(32,33)24(25,26)27)16-22(11-9-19-6-4-3-5-7-19)31(23(20)12-18)15-21-14-29(2)17-28-21/h3-8,10,12,14,17,22H,9,11,13,15-16H2,1-2H3/t22-/m0/s1. The molecule has 0 N–H and O–H groups in total. The van der Waals surface area contributed by atoms with Crippen LogP contribution in [-0.2, 0) is 36.6 Å². The van der Waals surface area contributed by atoms with E-state index in [4.69, 9.17) is 0 Å². The summed E-state index contributed by atoms with van der Waals surface area (Å²) in [6.07, 6.45) is 4.61. The van der Waals surface area contributed by atoms with Crippen molar-refractivity contribution in [1.82, 2.24) is 13.9 Å². The van der Waals surface area contributed by atoms with E-state index in [1.807, 2.05) is 66.0 Å². The molecule has 6 nitrogen and oxygen atoms in total. The van der Waals surface area contributed by atoms with Crippen molar-refractivity contribution >= 4 is 15.7 Å². The Bertz CT molecular complexity index is 1240. The second kappa shape index (κ2) is 9.42. The molecule has 10 heteroatoms. The SMILES string of the molecule is Cc1ccc2c(c1)N(Cc1cn(C)cn1)[C@@H](CCc1ccccc1)CN(S(=O)(=O)C(F)(F)F)C2.